The molecule has 4 nitrogen and oxygen atoms in total. The van der Waals surface area contributed by atoms with E-state index in [9.17, 15) is 10.1 Å². The fourth-order valence-corrected chi connectivity index (χ4v) is 3.46. The minimum atomic E-state index is -0.387. The number of nitro benzene ring substituents is 1. The highest BCUT2D eigenvalue weighted by atomic mass is 79.9. The van der Waals surface area contributed by atoms with Gasteiger partial charge in [-0.1, -0.05) is 33.8 Å². The van der Waals surface area contributed by atoms with Gasteiger partial charge in [-0.2, -0.15) is 0 Å². The van der Waals surface area contributed by atoms with Crippen molar-refractivity contribution in [3.8, 4) is 0 Å². The van der Waals surface area contributed by atoms with Gasteiger partial charge in [-0.3, -0.25) is 10.1 Å². The van der Waals surface area contributed by atoms with Crippen molar-refractivity contribution in [3.05, 3.63) is 62.6 Å². The first kappa shape index (κ1) is 16.0. The summed E-state index contributed by atoms with van der Waals surface area (Å²) in [7, 11) is 1.92. The Morgan fingerprint density at radius 3 is 2.48 bits per heavy atom. The molecule has 0 bridgehead atoms. The molecule has 2 aromatic rings. The van der Waals surface area contributed by atoms with E-state index in [0.29, 0.717) is 0 Å². The maximum atomic E-state index is 10.7. The molecular formula is C15H15BrN2O2S. The summed E-state index contributed by atoms with van der Waals surface area (Å²) in [4.78, 5) is 12.4. The van der Waals surface area contributed by atoms with Crippen molar-refractivity contribution in [3.63, 3.8) is 0 Å². The quantitative estimate of drug-likeness (QED) is 0.610. The largest absolute Gasteiger partial charge is 0.313 e. The molecule has 0 heterocycles. The van der Waals surface area contributed by atoms with Gasteiger partial charge in [0.2, 0.25) is 0 Å². The lowest BCUT2D eigenvalue weighted by molar-refractivity contribution is -0.384. The molecule has 0 fully saturated rings. The first-order valence-corrected chi connectivity index (χ1v) is 8.01. The Morgan fingerprint density at radius 2 is 1.90 bits per heavy atom. The summed E-state index contributed by atoms with van der Waals surface area (Å²) in [6.45, 7) is 2.10. The average Bonchev–Trinajstić information content (AvgIpc) is 2.47. The number of halogens is 1. The van der Waals surface area contributed by atoms with Crippen LogP contribution in [0.1, 0.15) is 18.5 Å². The number of hydrogen-bond acceptors (Lipinski definition) is 4. The number of nitrogens with one attached hydrogen (secondary N) is 1. The Labute approximate surface area is 136 Å². The van der Waals surface area contributed by atoms with E-state index in [2.05, 4.69) is 40.3 Å². The average molecular weight is 367 g/mol. The van der Waals surface area contributed by atoms with Crippen LogP contribution in [0.4, 0.5) is 5.69 Å². The van der Waals surface area contributed by atoms with Crippen LogP contribution in [0.3, 0.4) is 0 Å². The molecule has 0 saturated heterocycles. The standard InChI is InChI=1S/C15H15BrN2O2S/c1-10(17-2)14-8-3-11(16)9-15(14)21-13-6-4-12(5-7-13)18(19)20/h3-10,17H,1-2H3. The van der Waals surface area contributed by atoms with E-state index in [1.165, 1.54) is 17.7 Å². The summed E-state index contributed by atoms with van der Waals surface area (Å²) >= 11 is 5.09. The number of nitro groups is 1. The van der Waals surface area contributed by atoms with E-state index in [0.717, 1.165) is 14.3 Å². The van der Waals surface area contributed by atoms with Gasteiger partial charge in [0.1, 0.15) is 0 Å². The third-order valence-electron chi connectivity index (χ3n) is 3.15. The lowest BCUT2D eigenvalue weighted by Crippen LogP contribution is -2.13. The Bertz CT molecular complexity index is 647. The van der Waals surface area contributed by atoms with Crippen molar-refractivity contribution < 1.29 is 4.92 Å². The second-order valence-electron chi connectivity index (χ2n) is 4.55. The summed E-state index contributed by atoms with van der Waals surface area (Å²) in [5.41, 5.74) is 1.31. The molecule has 0 radical (unpaired) electrons. The van der Waals surface area contributed by atoms with Crippen LogP contribution in [0, 0.1) is 10.1 Å². The highest BCUT2D eigenvalue weighted by Gasteiger charge is 2.11. The van der Waals surface area contributed by atoms with Crippen LogP contribution in [0.15, 0.2) is 56.7 Å². The molecule has 1 N–H and O–H groups in total. The van der Waals surface area contributed by atoms with E-state index in [-0.39, 0.29) is 16.7 Å². The predicted octanol–water partition coefficient (Wildman–Crippen LogP) is 4.79. The fraction of sp³-hybridized carbons (Fsp3) is 0.200. The van der Waals surface area contributed by atoms with Crippen molar-refractivity contribution in [2.24, 2.45) is 0 Å². The van der Waals surface area contributed by atoms with Crippen LogP contribution in [0.5, 0.6) is 0 Å². The molecule has 1 atom stereocenters. The molecule has 0 aliphatic heterocycles. The fourth-order valence-electron chi connectivity index (χ4n) is 1.87. The van der Waals surface area contributed by atoms with Gasteiger partial charge in [0.25, 0.3) is 5.69 Å². The lowest BCUT2D eigenvalue weighted by atomic mass is 10.1. The zero-order valence-electron chi connectivity index (χ0n) is 11.7. The van der Waals surface area contributed by atoms with E-state index in [4.69, 9.17) is 0 Å². The summed E-state index contributed by atoms with van der Waals surface area (Å²) in [5.74, 6) is 0. The van der Waals surface area contributed by atoms with Crippen molar-refractivity contribution in [2.75, 3.05) is 7.05 Å². The second-order valence-corrected chi connectivity index (χ2v) is 6.58. The molecule has 0 aliphatic carbocycles. The smallest absolute Gasteiger partial charge is 0.269 e. The van der Waals surface area contributed by atoms with E-state index in [1.54, 1.807) is 23.9 Å². The van der Waals surface area contributed by atoms with Gasteiger partial charge in [0.05, 0.1) is 4.92 Å². The monoisotopic (exact) mass is 366 g/mol. The van der Waals surface area contributed by atoms with Crippen molar-refractivity contribution in [2.45, 2.75) is 22.8 Å². The third kappa shape index (κ3) is 4.06. The molecule has 0 spiro atoms. The summed E-state index contributed by atoms with van der Waals surface area (Å²) < 4.78 is 1.01. The molecule has 2 aromatic carbocycles. The second kappa shape index (κ2) is 7.06. The molecule has 0 saturated carbocycles. The van der Waals surface area contributed by atoms with Gasteiger partial charge >= 0.3 is 0 Å². The minimum absolute atomic E-state index is 0.109. The number of hydrogen-bond donors (Lipinski definition) is 1. The van der Waals surface area contributed by atoms with Crippen molar-refractivity contribution in [1.82, 2.24) is 5.32 Å². The van der Waals surface area contributed by atoms with Crippen LogP contribution in [-0.2, 0) is 0 Å². The Kier molecular flexibility index (Phi) is 5.39. The zero-order valence-corrected chi connectivity index (χ0v) is 14.1. The van der Waals surface area contributed by atoms with Gasteiger partial charge in [-0.05, 0) is 43.8 Å². The number of rotatable bonds is 5. The van der Waals surface area contributed by atoms with E-state index in [1.807, 2.05) is 13.1 Å². The predicted molar refractivity (Wildman–Crippen MR) is 88.8 cm³/mol. The molecule has 6 heteroatoms. The zero-order chi connectivity index (χ0) is 15.4. The maximum absolute atomic E-state index is 10.7. The molecule has 21 heavy (non-hydrogen) atoms. The molecule has 110 valence electrons. The Morgan fingerprint density at radius 1 is 1.24 bits per heavy atom. The van der Waals surface area contributed by atoms with E-state index < -0.39 is 0 Å². The van der Waals surface area contributed by atoms with Crippen LogP contribution < -0.4 is 5.32 Å². The molecule has 1 unspecified atom stereocenters. The Hall–Kier alpha value is -1.37. The molecule has 0 aliphatic rings. The first-order chi connectivity index (χ1) is 10.0. The highest BCUT2D eigenvalue weighted by molar-refractivity contribution is 9.10. The van der Waals surface area contributed by atoms with Gasteiger partial charge in [-0.15, -0.1) is 0 Å². The van der Waals surface area contributed by atoms with Crippen LogP contribution in [0.25, 0.3) is 0 Å². The number of non-ortho nitro benzene ring substituents is 1. The molecule has 0 aromatic heterocycles. The van der Waals surface area contributed by atoms with Gasteiger partial charge in [0, 0.05) is 32.4 Å². The Balaban J connectivity index is 2.29. The van der Waals surface area contributed by atoms with E-state index >= 15 is 0 Å². The first-order valence-electron chi connectivity index (χ1n) is 6.40. The number of nitrogens with zero attached hydrogens (tertiary/aromatic N) is 1. The lowest BCUT2D eigenvalue weighted by Gasteiger charge is -2.16. The highest BCUT2D eigenvalue weighted by Crippen LogP contribution is 2.35. The van der Waals surface area contributed by atoms with Crippen LogP contribution in [0.2, 0.25) is 0 Å². The molecule has 2 rings (SSSR count). The van der Waals surface area contributed by atoms with Crippen LogP contribution in [-0.4, -0.2) is 12.0 Å². The number of benzene rings is 2. The van der Waals surface area contributed by atoms with Crippen molar-refractivity contribution >= 4 is 33.4 Å². The topological polar surface area (TPSA) is 55.2 Å². The maximum Gasteiger partial charge on any atom is 0.269 e. The minimum Gasteiger partial charge on any atom is -0.313 e. The van der Waals surface area contributed by atoms with Crippen LogP contribution >= 0.6 is 27.7 Å². The molecule has 0 amide bonds. The van der Waals surface area contributed by atoms with Crippen molar-refractivity contribution in [1.29, 1.82) is 0 Å². The summed E-state index contributed by atoms with van der Waals surface area (Å²) in [5, 5.41) is 13.9. The summed E-state index contributed by atoms with van der Waals surface area (Å²) in [6, 6.07) is 13.0. The van der Waals surface area contributed by atoms with Gasteiger partial charge in [-0.25, -0.2) is 0 Å². The normalized spacial score (nSPS) is 12.1. The van der Waals surface area contributed by atoms with Gasteiger partial charge in [0.15, 0.2) is 0 Å². The molecular weight excluding hydrogens is 352 g/mol. The van der Waals surface area contributed by atoms with Gasteiger partial charge < -0.3 is 5.32 Å². The third-order valence-corrected chi connectivity index (χ3v) is 4.73. The SMILES string of the molecule is CNC(C)c1ccc(Br)cc1Sc1ccc([N+](=O)[O-])cc1. The summed E-state index contributed by atoms with van der Waals surface area (Å²) in [6.07, 6.45) is 0.